The molecule has 6 atom stereocenters. The van der Waals surface area contributed by atoms with Crippen molar-refractivity contribution in [3.8, 4) is 0 Å². The van der Waals surface area contributed by atoms with E-state index in [1.807, 2.05) is 21.2 Å². The zero-order chi connectivity index (χ0) is 24.2. The molecular weight excluding hydrogens is 430 g/mol. The number of amidine groups is 1. The lowest BCUT2D eigenvalue weighted by molar-refractivity contribution is 0.0236. The number of fused-ring (bicyclic) bond motifs is 1. The molecule has 4 rings (SSSR count). The first-order chi connectivity index (χ1) is 16.4. The third-order valence-electron chi connectivity index (χ3n) is 8.79. The average molecular weight is 478 g/mol. The number of likely N-dealkylation sites (N-methyl/N-ethyl adjacent to an activating group) is 1. The number of hydrogen-bond acceptors (Lipinski definition) is 8. The van der Waals surface area contributed by atoms with Crippen LogP contribution in [0.5, 0.6) is 0 Å². The molecule has 0 radical (unpaired) electrons. The minimum Gasteiger partial charge on any atom is -0.473 e. The zero-order valence-corrected chi connectivity index (χ0v) is 21.6. The average Bonchev–Trinajstić information content (AvgIpc) is 3.27. The smallest absolute Gasteiger partial charge is 0.184 e. The predicted octanol–water partition coefficient (Wildman–Crippen LogP) is 1.65. The van der Waals surface area contributed by atoms with Gasteiger partial charge in [0.2, 0.25) is 0 Å². The number of ether oxygens (including phenoxy) is 2. The van der Waals surface area contributed by atoms with Crippen LogP contribution >= 0.6 is 0 Å². The van der Waals surface area contributed by atoms with Crippen molar-refractivity contribution in [2.75, 3.05) is 47.4 Å². The molecule has 0 amide bonds. The van der Waals surface area contributed by atoms with Crippen molar-refractivity contribution in [1.29, 1.82) is 10.8 Å². The molecule has 4 fully saturated rings. The minimum atomic E-state index is 0.153. The molecule has 2 aliphatic heterocycles. The summed E-state index contributed by atoms with van der Waals surface area (Å²) >= 11 is 0. The van der Waals surface area contributed by atoms with Gasteiger partial charge in [-0.3, -0.25) is 31.7 Å². The molecule has 0 spiro atoms. The third-order valence-corrected chi connectivity index (χ3v) is 8.79. The first kappa shape index (κ1) is 25.8. The summed E-state index contributed by atoms with van der Waals surface area (Å²) in [5.74, 6) is 2.07. The Morgan fingerprint density at radius 2 is 1.85 bits per heavy atom. The van der Waals surface area contributed by atoms with E-state index < -0.39 is 0 Å². The molecule has 2 aliphatic carbocycles. The SMILES string of the molecule is COC1CCC(C2CNC3C(NC4CCC(C(=N)OCC(=N)N(C)C)C(C)C4)NCCN23)CC1. The van der Waals surface area contributed by atoms with Crippen molar-refractivity contribution >= 4 is 11.7 Å². The van der Waals surface area contributed by atoms with Gasteiger partial charge < -0.3 is 14.4 Å². The second-order valence-corrected chi connectivity index (χ2v) is 11.1. The lowest BCUT2D eigenvalue weighted by atomic mass is 9.77. The summed E-state index contributed by atoms with van der Waals surface area (Å²) in [6, 6.07) is 1.09. The zero-order valence-electron chi connectivity index (χ0n) is 21.6. The third kappa shape index (κ3) is 5.93. The monoisotopic (exact) mass is 477 g/mol. The number of methoxy groups -OCH3 is 1. The molecule has 34 heavy (non-hydrogen) atoms. The Balaban J connectivity index is 1.25. The number of nitrogens with one attached hydrogen (secondary N) is 5. The number of rotatable bonds is 7. The molecule has 0 bridgehead atoms. The van der Waals surface area contributed by atoms with Gasteiger partial charge in [-0.2, -0.15) is 0 Å². The molecular formula is C25H47N7O2. The molecule has 2 saturated heterocycles. The van der Waals surface area contributed by atoms with Crippen LogP contribution in [0.15, 0.2) is 0 Å². The standard InChI is InChI=1S/C25H47N7O2/c1-16-13-18(7-10-20(16)23(27)34-15-22(26)31(2)3)30-24-25-29-14-21(32(25)12-11-28-24)17-5-8-19(33-4)9-6-17/h16-21,24-30H,5-15H2,1-4H3. The van der Waals surface area contributed by atoms with Gasteiger partial charge in [0.25, 0.3) is 0 Å². The number of hydrogen-bond donors (Lipinski definition) is 5. The molecule has 5 N–H and O–H groups in total. The van der Waals surface area contributed by atoms with Crippen LogP contribution in [0, 0.1) is 28.6 Å². The maximum absolute atomic E-state index is 8.41. The topological polar surface area (TPSA) is 109 Å². The lowest BCUT2D eigenvalue weighted by Gasteiger charge is -2.45. The van der Waals surface area contributed by atoms with Gasteiger partial charge in [-0.05, 0) is 56.8 Å². The summed E-state index contributed by atoms with van der Waals surface area (Å²) in [7, 11) is 5.52. The van der Waals surface area contributed by atoms with Crippen LogP contribution in [0.1, 0.15) is 51.9 Å². The van der Waals surface area contributed by atoms with Gasteiger partial charge in [-0.1, -0.05) is 6.92 Å². The maximum Gasteiger partial charge on any atom is 0.184 e. The Kier molecular flexibility index (Phi) is 8.85. The summed E-state index contributed by atoms with van der Waals surface area (Å²) in [6.07, 6.45) is 9.11. The largest absolute Gasteiger partial charge is 0.473 e. The van der Waals surface area contributed by atoms with Crippen LogP contribution in [-0.4, -0.2) is 99.5 Å². The van der Waals surface area contributed by atoms with Crippen molar-refractivity contribution in [2.45, 2.75) is 82.4 Å². The van der Waals surface area contributed by atoms with Crippen molar-refractivity contribution in [1.82, 2.24) is 25.8 Å². The van der Waals surface area contributed by atoms with Gasteiger partial charge in [-0.15, -0.1) is 0 Å². The molecule has 0 aromatic carbocycles. The van der Waals surface area contributed by atoms with E-state index in [0.717, 1.165) is 44.8 Å². The van der Waals surface area contributed by atoms with Crippen LogP contribution in [0.2, 0.25) is 0 Å². The van der Waals surface area contributed by atoms with Gasteiger partial charge in [0.1, 0.15) is 12.4 Å². The van der Waals surface area contributed by atoms with E-state index in [-0.39, 0.29) is 18.7 Å². The molecule has 2 saturated carbocycles. The fourth-order valence-corrected chi connectivity index (χ4v) is 6.63. The van der Waals surface area contributed by atoms with Crippen molar-refractivity contribution in [3.63, 3.8) is 0 Å². The van der Waals surface area contributed by atoms with Crippen LogP contribution in [0.25, 0.3) is 0 Å². The van der Waals surface area contributed by atoms with E-state index in [9.17, 15) is 0 Å². The fraction of sp³-hybridized carbons (Fsp3) is 0.920. The van der Waals surface area contributed by atoms with Crippen molar-refractivity contribution < 1.29 is 9.47 Å². The van der Waals surface area contributed by atoms with Crippen LogP contribution in [0.3, 0.4) is 0 Å². The first-order valence-corrected chi connectivity index (χ1v) is 13.3. The van der Waals surface area contributed by atoms with E-state index in [4.69, 9.17) is 20.3 Å². The summed E-state index contributed by atoms with van der Waals surface area (Å²) < 4.78 is 11.3. The van der Waals surface area contributed by atoms with Crippen LogP contribution < -0.4 is 16.0 Å². The highest BCUT2D eigenvalue weighted by atomic mass is 16.5. The number of nitrogens with zero attached hydrogens (tertiary/aromatic N) is 2. The second kappa shape index (κ2) is 11.6. The molecule has 4 aliphatic rings. The summed E-state index contributed by atoms with van der Waals surface area (Å²) in [4.78, 5) is 4.45. The minimum absolute atomic E-state index is 0.153. The van der Waals surface area contributed by atoms with Gasteiger partial charge in [0, 0.05) is 58.8 Å². The van der Waals surface area contributed by atoms with E-state index >= 15 is 0 Å². The fourth-order valence-electron chi connectivity index (χ4n) is 6.63. The van der Waals surface area contributed by atoms with E-state index in [1.54, 1.807) is 4.90 Å². The normalized spacial score (nSPS) is 38.8. The van der Waals surface area contributed by atoms with Crippen LogP contribution in [0.4, 0.5) is 0 Å². The first-order valence-electron chi connectivity index (χ1n) is 13.3. The van der Waals surface area contributed by atoms with Crippen molar-refractivity contribution in [2.24, 2.45) is 17.8 Å². The Morgan fingerprint density at radius 3 is 2.53 bits per heavy atom. The van der Waals surface area contributed by atoms with Gasteiger partial charge in [-0.25, -0.2) is 0 Å². The maximum atomic E-state index is 8.41. The molecule has 2 heterocycles. The summed E-state index contributed by atoms with van der Waals surface area (Å²) in [6.45, 7) is 5.66. The molecule has 0 aromatic heterocycles. The molecule has 9 nitrogen and oxygen atoms in total. The highest BCUT2D eigenvalue weighted by molar-refractivity contribution is 5.84. The van der Waals surface area contributed by atoms with E-state index in [0.29, 0.717) is 42.0 Å². The van der Waals surface area contributed by atoms with E-state index in [1.165, 1.54) is 25.7 Å². The number of piperazine rings is 1. The Labute approximate surface area is 205 Å². The Morgan fingerprint density at radius 1 is 1.09 bits per heavy atom. The second-order valence-electron chi connectivity index (χ2n) is 11.1. The van der Waals surface area contributed by atoms with Crippen LogP contribution in [-0.2, 0) is 9.47 Å². The Hall–Kier alpha value is -1.26. The summed E-state index contributed by atoms with van der Waals surface area (Å²) in [5, 5.41) is 27.8. The highest BCUT2D eigenvalue weighted by Gasteiger charge is 2.44. The van der Waals surface area contributed by atoms with E-state index in [2.05, 4.69) is 27.8 Å². The summed E-state index contributed by atoms with van der Waals surface area (Å²) in [5.41, 5.74) is 0. The van der Waals surface area contributed by atoms with Gasteiger partial charge >= 0.3 is 0 Å². The highest BCUT2D eigenvalue weighted by Crippen LogP contribution is 2.35. The quantitative estimate of drug-likeness (QED) is 0.280. The Bertz CT molecular complexity index is 697. The van der Waals surface area contributed by atoms with Crippen molar-refractivity contribution in [3.05, 3.63) is 0 Å². The lowest BCUT2D eigenvalue weighted by Crippen LogP contribution is -2.67. The van der Waals surface area contributed by atoms with Gasteiger partial charge in [0.05, 0.1) is 18.4 Å². The molecule has 9 heteroatoms. The molecule has 0 aromatic rings. The predicted molar refractivity (Wildman–Crippen MR) is 135 cm³/mol. The molecule has 194 valence electrons. The molecule has 6 unspecified atom stereocenters. The van der Waals surface area contributed by atoms with Gasteiger partial charge in [0.15, 0.2) is 5.90 Å².